The van der Waals surface area contributed by atoms with Gasteiger partial charge in [-0.2, -0.15) is 0 Å². The number of carbonyl (C=O) groups is 1. The van der Waals surface area contributed by atoms with E-state index in [4.69, 9.17) is 0 Å². The van der Waals surface area contributed by atoms with Gasteiger partial charge in [0, 0.05) is 38.1 Å². The summed E-state index contributed by atoms with van der Waals surface area (Å²) in [5, 5.41) is 0. The number of rotatable bonds is 4. The molecule has 1 saturated heterocycles. The Bertz CT molecular complexity index is 868. The van der Waals surface area contributed by atoms with Crippen LogP contribution in [0.1, 0.15) is 17.2 Å². The van der Waals surface area contributed by atoms with Crippen LogP contribution in [0.25, 0.3) is 0 Å². The first-order valence-electron chi connectivity index (χ1n) is 9.47. The molecule has 4 rings (SSSR count). The first-order valence-corrected chi connectivity index (χ1v) is 9.47. The topological polar surface area (TPSA) is 36.4 Å². The van der Waals surface area contributed by atoms with E-state index in [1.807, 2.05) is 53.4 Å². The van der Waals surface area contributed by atoms with Crippen LogP contribution in [0.5, 0.6) is 0 Å². The SMILES string of the molecule is O=C(C(c1ccccc1)c1ccccn1)N1CCN(c2ccc(F)cc2)CC1. The zero-order chi connectivity index (χ0) is 19.3. The van der Waals surface area contributed by atoms with Crippen molar-refractivity contribution in [2.45, 2.75) is 5.92 Å². The fraction of sp³-hybridized carbons (Fsp3) is 0.217. The van der Waals surface area contributed by atoms with Gasteiger partial charge in [0.2, 0.25) is 5.91 Å². The first kappa shape index (κ1) is 18.2. The maximum atomic E-state index is 13.4. The molecule has 142 valence electrons. The van der Waals surface area contributed by atoms with Gasteiger partial charge in [-0.05, 0) is 42.0 Å². The van der Waals surface area contributed by atoms with Gasteiger partial charge >= 0.3 is 0 Å². The Balaban J connectivity index is 1.51. The molecule has 0 spiro atoms. The highest BCUT2D eigenvalue weighted by atomic mass is 19.1. The highest BCUT2D eigenvalue weighted by molar-refractivity contribution is 5.87. The Morgan fingerprint density at radius 3 is 2.18 bits per heavy atom. The zero-order valence-electron chi connectivity index (χ0n) is 15.5. The van der Waals surface area contributed by atoms with Gasteiger partial charge in [0.15, 0.2) is 0 Å². The lowest BCUT2D eigenvalue weighted by Crippen LogP contribution is -2.50. The number of piperazine rings is 1. The van der Waals surface area contributed by atoms with E-state index < -0.39 is 5.92 Å². The minimum atomic E-state index is -0.403. The Kier molecular flexibility index (Phi) is 5.33. The summed E-state index contributed by atoms with van der Waals surface area (Å²) in [4.78, 5) is 21.9. The highest BCUT2D eigenvalue weighted by Crippen LogP contribution is 2.26. The Labute approximate surface area is 164 Å². The van der Waals surface area contributed by atoms with Crippen LogP contribution >= 0.6 is 0 Å². The quantitative estimate of drug-likeness (QED) is 0.698. The number of halogens is 1. The number of hydrogen-bond donors (Lipinski definition) is 0. The van der Waals surface area contributed by atoms with Crippen molar-refractivity contribution in [3.63, 3.8) is 0 Å². The normalized spacial score (nSPS) is 15.3. The Hall–Kier alpha value is -3.21. The lowest BCUT2D eigenvalue weighted by atomic mass is 9.93. The van der Waals surface area contributed by atoms with Gasteiger partial charge in [-0.25, -0.2) is 4.39 Å². The van der Waals surface area contributed by atoms with Crippen molar-refractivity contribution in [1.82, 2.24) is 9.88 Å². The lowest BCUT2D eigenvalue weighted by Gasteiger charge is -2.37. The third-order valence-corrected chi connectivity index (χ3v) is 5.15. The summed E-state index contributed by atoms with van der Waals surface area (Å²) in [6.07, 6.45) is 1.73. The first-order chi connectivity index (χ1) is 13.7. The number of benzene rings is 2. The van der Waals surface area contributed by atoms with Gasteiger partial charge in [0.1, 0.15) is 11.7 Å². The van der Waals surface area contributed by atoms with E-state index >= 15 is 0 Å². The van der Waals surface area contributed by atoms with Crippen LogP contribution < -0.4 is 4.90 Å². The van der Waals surface area contributed by atoms with Crippen molar-refractivity contribution < 1.29 is 9.18 Å². The molecule has 5 heteroatoms. The second-order valence-corrected chi connectivity index (χ2v) is 6.89. The molecule has 2 heterocycles. The smallest absolute Gasteiger partial charge is 0.236 e. The average molecular weight is 375 g/mol. The number of pyridine rings is 1. The van der Waals surface area contributed by atoms with E-state index in [0.29, 0.717) is 13.1 Å². The monoisotopic (exact) mass is 375 g/mol. The summed E-state index contributed by atoms with van der Waals surface area (Å²) in [7, 11) is 0. The molecule has 0 bridgehead atoms. The number of nitrogens with zero attached hydrogens (tertiary/aromatic N) is 3. The Morgan fingerprint density at radius 1 is 0.857 bits per heavy atom. The van der Waals surface area contributed by atoms with Crippen molar-refractivity contribution in [1.29, 1.82) is 0 Å². The van der Waals surface area contributed by atoms with Crippen LogP contribution in [0.3, 0.4) is 0 Å². The summed E-state index contributed by atoms with van der Waals surface area (Å²) in [5.74, 6) is -0.568. The molecule has 28 heavy (non-hydrogen) atoms. The van der Waals surface area contributed by atoms with Gasteiger partial charge in [-0.1, -0.05) is 36.4 Å². The van der Waals surface area contributed by atoms with Gasteiger partial charge < -0.3 is 9.80 Å². The molecule has 1 atom stereocenters. The second kappa shape index (κ2) is 8.21. The van der Waals surface area contributed by atoms with E-state index in [1.54, 1.807) is 18.3 Å². The minimum absolute atomic E-state index is 0.0728. The standard InChI is InChI=1S/C23H22FN3O/c24-19-9-11-20(12-10-19)26-14-16-27(17-15-26)23(28)22(18-6-2-1-3-7-18)21-8-4-5-13-25-21/h1-13,22H,14-17H2. The van der Waals surface area contributed by atoms with Gasteiger partial charge in [-0.15, -0.1) is 0 Å². The summed E-state index contributed by atoms with van der Waals surface area (Å²) in [6, 6.07) is 22.0. The predicted octanol–water partition coefficient (Wildman–Crippen LogP) is 3.70. The molecule has 1 unspecified atom stereocenters. The summed E-state index contributed by atoms with van der Waals surface area (Å²) in [6.45, 7) is 2.71. The Morgan fingerprint density at radius 2 is 1.54 bits per heavy atom. The van der Waals surface area contributed by atoms with Crippen LogP contribution in [-0.2, 0) is 4.79 Å². The molecule has 0 saturated carbocycles. The molecular weight excluding hydrogens is 353 g/mol. The summed E-state index contributed by atoms with van der Waals surface area (Å²) in [5.41, 5.74) is 2.70. The summed E-state index contributed by atoms with van der Waals surface area (Å²) < 4.78 is 13.2. The van der Waals surface area contributed by atoms with E-state index in [2.05, 4.69) is 9.88 Å². The van der Waals surface area contributed by atoms with Crippen LogP contribution in [-0.4, -0.2) is 42.0 Å². The van der Waals surface area contributed by atoms with Crippen molar-refractivity contribution in [2.24, 2.45) is 0 Å². The van der Waals surface area contributed by atoms with E-state index in [0.717, 1.165) is 30.0 Å². The molecule has 0 aliphatic carbocycles. The molecule has 1 aromatic heterocycles. The van der Waals surface area contributed by atoms with Crippen LogP contribution in [0, 0.1) is 5.82 Å². The number of aromatic nitrogens is 1. The van der Waals surface area contributed by atoms with Crippen LogP contribution in [0.2, 0.25) is 0 Å². The second-order valence-electron chi connectivity index (χ2n) is 6.89. The summed E-state index contributed by atoms with van der Waals surface area (Å²) >= 11 is 0. The number of carbonyl (C=O) groups excluding carboxylic acids is 1. The molecule has 1 amide bonds. The maximum Gasteiger partial charge on any atom is 0.236 e. The van der Waals surface area contributed by atoms with Crippen LogP contribution in [0.4, 0.5) is 10.1 Å². The van der Waals surface area contributed by atoms with E-state index in [-0.39, 0.29) is 11.7 Å². The highest BCUT2D eigenvalue weighted by Gasteiger charge is 2.30. The third-order valence-electron chi connectivity index (χ3n) is 5.15. The number of hydrogen-bond acceptors (Lipinski definition) is 3. The minimum Gasteiger partial charge on any atom is -0.368 e. The van der Waals surface area contributed by atoms with Crippen molar-refractivity contribution in [3.8, 4) is 0 Å². The molecule has 0 radical (unpaired) electrons. The molecule has 4 nitrogen and oxygen atoms in total. The largest absolute Gasteiger partial charge is 0.368 e. The molecule has 1 fully saturated rings. The van der Waals surface area contributed by atoms with Crippen LogP contribution in [0.15, 0.2) is 79.0 Å². The number of anilines is 1. The van der Waals surface area contributed by atoms with Gasteiger partial charge in [-0.3, -0.25) is 9.78 Å². The molecule has 3 aromatic rings. The van der Waals surface area contributed by atoms with Gasteiger partial charge in [0.25, 0.3) is 0 Å². The third kappa shape index (κ3) is 3.88. The number of amides is 1. The molecule has 1 aliphatic heterocycles. The van der Waals surface area contributed by atoms with Crippen molar-refractivity contribution >= 4 is 11.6 Å². The van der Waals surface area contributed by atoms with Crippen molar-refractivity contribution in [2.75, 3.05) is 31.1 Å². The maximum absolute atomic E-state index is 13.4. The molecule has 2 aromatic carbocycles. The fourth-order valence-corrected chi connectivity index (χ4v) is 3.65. The van der Waals surface area contributed by atoms with Crippen molar-refractivity contribution in [3.05, 3.63) is 96.1 Å². The average Bonchev–Trinajstić information content (AvgIpc) is 2.76. The lowest BCUT2D eigenvalue weighted by molar-refractivity contribution is -0.132. The fourth-order valence-electron chi connectivity index (χ4n) is 3.65. The molecular formula is C23H22FN3O. The molecule has 0 N–H and O–H groups in total. The molecule has 1 aliphatic rings. The van der Waals surface area contributed by atoms with E-state index in [1.165, 1.54) is 12.1 Å². The zero-order valence-corrected chi connectivity index (χ0v) is 15.5. The predicted molar refractivity (Wildman–Crippen MR) is 108 cm³/mol. The van der Waals surface area contributed by atoms with Gasteiger partial charge in [0.05, 0.1) is 5.69 Å². The van der Waals surface area contributed by atoms with E-state index in [9.17, 15) is 9.18 Å².